The van der Waals surface area contributed by atoms with Gasteiger partial charge in [-0.05, 0) is 24.5 Å². The molecule has 0 spiro atoms. The zero-order valence-electron chi connectivity index (χ0n) is 9.73. The van der Waals surface area contributed by atoms with Crippen molar-refractivity contribution in [3.05, 3.63) is 29.6 Å². The maximum absolute atomic E-state index is 13.4. The number of methoxy groups -OCH3 is 1. The topological polar surface area (TPSA) is 74.5 Å². The summed E-state index contributed by atoms with van der Waals surface area (Å²) in [6.45, 7) is 0. The second-order valence-corrected chi connectivity index (χ2v) is 3.81. The third kappa shape index (κ3) is 3.46. The van der Waals surface area contributed by atoms with Crippen molar-refractivity contribution in [1.82, 2.24) is 5.32 Å². The van der Waals surface area contributed by atoms with Crippen molar-refractivity contribution in [3.63, 3.8) is 0 Å². The molecular weight excluding hydrogens is 257 g/mol. The normalized spacial score (nSPS) is 10.7. The van der Waals surface area contributed by atoms with Crippen LogP contribution in [0.25, 0.3) is 0 Å². The van der Waals surface area contributed by atoms with Gasteiger partial charge in [-0.15, -0.1) is 0 Å². The highest BCUT2D eigenvalue weighted by Crippen LogP contribution is 2.19. The van der Waals surface area contributed by atoms with Crippen LogP contribution in [0.1, 0.15) is 10.4 Å². The van der Waals surface area contributed by atoms with Gasteiger partial charge in [0.15, 0.2) is 11.4 Å². The second kappa shape index (κ2) is 6.61. The molecule has 0 radical (unpaired) electrons. The summed E-state index contributed by atoms with van der Waals surface area (Å²) in [6.07, 6.45) is 3.46. The van der Waals surface area contributed by atoms with Crippen LogP contribution in [-0.2, 0) is 4.74 Å². The fourth-order valence-electron chi connectivity index (χ4n) is 1.14. The zero-order chi connectivity index (χ0) is 13.5. The molecular formula is C11H10FN3O2S. The maximum Gasteiger partial charge on any atom is 0.340 e. The quantitative estimate of drug-likeness (QED) is 0.292. The number of nitrogens with one attached hydrogen (secondary N) is 1. The molecule has 1 aromatic carbocycles. The number of thioether (sulfide) groups is 1. The molecule has 0 atom stereocenters. The summed E-state index contributed by atoms with van der Waals surface area (Å²) < 4.78 is 17.8. The molecule has 1 aromatic rings. The van der Waals surface area contributed by atoms with Crippen LogP contribution in [0.3, 0.4) is 0 Å². The molecule has 18 heavy (non-hydrogen) atoms. The molecule has 0 heterocycles. The number of nitrogens with zero attached hydrogens (tertiary/aromatic N) is 2. The molecule has 0 unspecified atom stereocenters. The Kier molecular flexibility index (Phi) is 5.14. The SMILES string of the molecule is COC(=O)c1cc(N=C(NC#N)SC)ccc1F. The fourth-order valence-corrected chi connectivity index (χ4v) is 1.48. The third-order valence-electron chi connectivity index (χ3n) is 1.94. The van der Waals surface area contributed by atoms with Gasteiger partial charge in [-0.25, -0.2) is 14.2 Å². The Balaban J connectivity index is 3.12. The number of esters is 1. The van der Waals surface area contributed by atoms with Crippen molar-refractivity contribution in [1.29, 1.82) is 5.26 Å². The van der Waals surface area contributed by atoms with Gasteiger partial charge >= 0.3 is 5.97 Å². The molecule has 0 amide bonds. The Bertz CT molecular complexity index is 526. The summed E-state index contributed by atoms with van der Waals surface area (Å²) in [5, 5.41) is 11.2. The second-order valence-electron chi connectivity index (χ2n) is 3.01. The smallest absolute Gasteiger partial charge is 0.340 e. The number of ether oxygens (including phenoxy) is 1. The molecule has 0 fully saturated rings. The number of halogens is 1. The number of hydrogen-bond donors (Lipinski definition) is 1. The van der Waals surface area contributed by atoms with E-state index in [1.165, 1.54) is 31.0 Å². The standard InChI is InChI=1S/C11H10FN3O2S/c1-17-10(16)8-5-7(3-4-9(8)12)15-11(18-2)14-6-13/h3-5H,1-2H3,(H,14,15). The van der Waals surface area contributed by atoms with Gasteiger partial charge in [-0.2, -0.15) is 5.26 Å². The van der Waals surface area contributed by atoms with Gasteiger partial charge in [0.2, 0.25) is 0 Å². The van der Waals surface area contributed by atoms with Crippen molar-refractivity contribution in [3.8, 4) is 6.19 Å². The van der Waals surface area contributed by atoms with E-state index in [0.717, 1.165) is 6.07 Å². The van der Waals surface area contributed by atoms with Crippen molar-refractivity contribution < 1.29 is 13.9 Å². The molecule has 5 nitrogen and oxygen atoms in total. The zero-order valence-corrected chi connectivity index (χ0v) is 10.5. The molecule has 0 aliphatic carbocycles. The van der Waals surface area contributed by atoms with Crippen LogP contribution in [-0.4, -0.2) is 24.5 Å². The van der Waals surface area contributed by atoms with Gasteiger partial charge in [0.1, 0.15) is 5.82 Å². The van der Waals surface area contributed by atoms with Crippen LogP contribution in [0, 0.1) is 17.3 Å². The van der Waals surface area contributed by atoms with Crippen LogP contribution in [0.2, 0.25) is 0 Å². The van der Waals surface area contributed by atoms with Gasteiger partial charge in [0.05, 0.1) is 18.4 Å². The summed E-state index contributed by atoms with van der Waals surface area (Å²) in [4.78, 5) is 15.3. The number of carbonyl (C=O) groups is 1. The Morgan fingerprint density at radius 3 is 2.89 bits per heavy atom. The van der Waals surface area contributed by atoms with Crippen molar-refractivity contribution in [2.24, 2.45) is 4.99 Å². The first-order chi connectivity index (χ1) is 8.62. The minimum Gasteiger partial charge on any atom is -0.465 e. The Hall–Kier alpha value is -2.07. The van der Waals surface area contributed by atoms with Gasteiger partial charge in [0.25, 0.3) is 0 Å². The molecule has 0 saturated carbocycles. The molecule has 0 saturated heterocycles. The number of rotatable bonds is 2. The van der Waals surface area contributed by atoms with Gasteiger partial charge in [-0.1, -0.05) is 11.8 Å². The minimum absolute atomic E-state index is 0.198. The number of hydrogen-bond acceptors (Lipinski definition) is 5. The van der Waals surface area contributed by atoms with Gasteiger partial charge in [-0.3, -0.25) is 5.32 Å². The van der Waals surface area contributed by atoms with E-state index in [-0.39, 0.29) is 5.56 Å². The fraction of sp³-hybridized carbons (Fsp3) is 0.182. The van der Waals surface area contributed by atoms with Crippen LogP contribution < -0.4 is 5.32 Å². The Morgan fingerprint density at radius 2 is 2.33 bits per heavy atom. The van der Waals surface area contributed by atoms with E-state index in [4.69, 9.17) is 5.26 Å². The van der Waals surface area contributed by atoms with E-state index in [2.05, 4.69) is 15.0 Å². The Morgan fingerprint density at radius 1 is 1.61 bits per heavy atom. The summed E-state index contributed by atoms with van der Waals surface area (Å²) in [5.74, 6) is -1.46. The molecule has 0 aliphatic rings. The summed E-state index contributed by atoms with van der Waals surface area (Å²) in [7, 11) is 1.17. The van der Waals surface area contributed by atoms with Crippen LogP contribution in [0.15, 0.2) is 23.2 Å². The molecule has 0 bridgehead atoms. The lowest BCUT2D eigenvalue weighted by Gasteiger charge is -2.03. The van der Waals surface area contributed by atoms with E-state index in [1.54, 1.807) is 12.4 Å². The molecule has 0 aliphatic heterocycles. The van der Waals surface area contributed by atoms with E-state index < -0.39 is 11.8 Å². The lowest BCUT2D eigenvalue weighted by Crippen LogP contribution is -2.12. The van der Waals surface area contributed by atoms with Crippen molar-refractivity contribution in [2.75, 3.05) is 13.4 Å². The molecule has 1 N–H and O–H groups in total. The highest BCUT2D eigenvalue weighted by atomic mass is 32.2. The van der Waals surface area contributed by atoms with E-state index >= 15 is 0 Å². The van der Waals surface area contributed by atoms with Gasteiger partial charge in [0, 0.05) is 0 Å². The highest BCUT2D eigenvalue weighted by molar-refractivity contribution is 8.13. The van der Waals surface area contributed by atoms with Gasteiger partial charge < -0.3 is 4.74 Å². The molecule has 1 rings (SSSR count). The number of nitriles is 1. The monoisotopic (exact) mass is 267 g/mol. The lowest BCUT2D eigenvalue weighted by molar-refractivity contribution is 0.0595. The minimum atomic E-state index is -0.775. The first kappa shape index (κ1) is 14.0. The predicted molar refractivity (Wildman–Crippen MR) is 67.1 cm³/mol. The number of amidine groups is 1. The number of aliphatic imine (C=N–C) groups is 1. The highest BCUT2D eigenvalue weighted by Gasteiger charge is 2.12. The average molecular weight is 267 g/mol. The van der Waals surface area contributed by atoms with Crippen LogP contribution >= 0.6 is 11.8 Å². The summed E-state index contributed by atoms with van der Waals surface area (Å²) in [6, 6.07) is 3.78. The van der Waals surface area contributed by atoms with Crippen LogP contribution in [0.4, 0.5) is 10.1 Å². The largest absolute Gasteiger partial charge is 0.465 e. The lowest BCUT2D eigenvalue weighted by atomic mass is 10.2. The number of benzene rings is 1. The van der Waals surface area contributed by atoms with Crippen LogP contribution in [0.5, 0.6) is 0 Å². The molecule has 0 aromatic heterocycles. The third-order valence-corrected chi connectivity index (χ3v) is 2.52. The average Bonchev–Trinajstić information content (AvgIpc) is 2.39. The Labute approximate surface area is 108 Å². The van der Waals surface area contributed by atoms with E-state index in [9.17, 15) is 9.18 Å². The first-order valence-corrected chi connectivity index (χ1v) is 6.00. The van der Waals surface area contributed by atoms with E-state index in [0.29, 0.717) is 10.9 Å². The van der Waals surface area contributed by atoms with Crippen molar-refractivity contribution in [2.45, 2.75) is 0 Å². The van der Waals surface area contributed by atoms with E-state index in [1.807, 2.05) is 0 Å². The summed E-state index contributed by atoms with van der Waals surface area (Å²) in [5.41, 5.74) is 0.153. The maximum atomic E-state index is 13.4. The molecule has 94 valence electrons. The predicted octanol–water partition coefficient (Wildman–Crippen LogP) is 2.03. The number of carbonyl (C=O) groups excluding carboxylic acids is 1. The summed E-state index contributed by atoms with van der Waals surface area (Å²) >= 11 is 1.22. The first-order valence-electron chi connectivity index (χ1n) is 4.78. The van der Waals surface area contributed by atoms with Crippen molar-refractivity contribution >= 4 is 28.6 Å². The molecule has 7 heteroatoms.